The molecule has 2 saturated carbocycles. The molecule has 0 aliphatic heterocycles. The van der Waals surface area contributed by atoms with Crippen molar-refractivity contribution in [3.63, 3.8) is 0 Å². The zero-order chi connectivity index (χ0) is 56.3. The van der Waals surface area contributed by atoms with Crippen LogP contribution in [0.1, 0.15) is 61.8 Å². The van der Waals surface area contributed by atoms with Gasteiger partial charge in [-0.1, -0.05) is 196 Å². The molecule has 10 aromatic carbocycles. The number of nitrogens with zero attached hydrogens (tertiary/aromatic N) is 6. The first-order valence-electron chi connectivity index (χ1n) is 30.1. The van der Waals surface area contributed by atoms with E-state index < -0.39 is 0 Å². The molecule has 3 heterocycles. The van der Waals surface area contributed by atoms with E-state index in [1.165, 1.54) is 92.4 Å². The van der Waals surface area contributed by atoms with Gasteiger partial charge in [0.1, 0.15) is 11.2 Å². The third-order valence-electron chi connectivity index (χ3n) is 19.3. The number of fused-ring (bicyclic) bond motifs is 14. The minimum absolute atomic E-state index is 0.107. The van der Waals surface area contributed by atoms with Crippen LogP contribution >= 0.6 is 0 Å². The average Bonchev–Trinajstić information content (AvgIpc) is 1.59. The van der Waals surface area contributed by atoms with Crippen LogP contribution in [0.2, 0.25) is 0 Å². The fourth-order valence-corrected chi connectivity index (χ4v) is 15.6. The number of aromatic nitrogens is 6. The lowest BCUT2D eigenvalue weighted by atomic mass is 9.49. The highest BCUT2D eigenvalue weighted by Crippen LogP contribution is 2.65. The summed E-state index contributed by atoms with van der Waals surface area (Å²) in [6.45, 7) is 5.09. The molecule has 7 heteroatoms. The van der Waals surface area contributed by atoms with Crippen molar-refractivity contribution in [3.8, 4) is 113 Å². The molecule has 0 N–H and O–H groups in total. The first-order valence-corrected chi connectivity index (χ1v) is 30.1. The highest BCUT2D eigenvalue weighted by molar-refractivity contribution is 6.07. The van der Waals surface area contributed by atoms with Gasteiger partial charge in [0.2, 0.25) is 0 Å². The second-order valence-corrected chi connectivity index (χ2v) is 24.4. The van der Waals surface area contributed by atoms with Crippen LogP contribution in [-0.2, 0) is 11.8 Å². The molecule has 4 aliphatic rings. The van der Waals surface area contributed by atoms with E-state index in [2.05, 4.69) is 147 Å². The highest BCUT2D eigenvalue weighted by Gasteiger charge is 2.56. The number of hydrogen-bond acceptors (Lipinski definition) is 7. The Labute approximate surface area is 494 Å². The van der Waals surface area contributed by atoms with Gasteiger partial charge in [-0.15, -0.1) is 0 Å². The fourth-order valence-electron chi connectivity index (χ4n) is 15.6. The summed E-state index contributed by atoms with van der Waals surface area (Å²) in [6.07, 6.45) is 5.99. The van der Waals surface area contributed by atoms with Crippen molar-refractivity contribution in [3.05, 3.63) is 253 Å². The first-order chi connectivity index (χ1) is 41.8. The molecular weight excluding hydrogens is 1040 g/mol. The Morgan fingerprint density at radius 1 is 0.329 bits per heavy atom. The molecule has 3 aromatic heterocycles. The molecule has 4 aliphatic carbocycles. The average molecular weight is 1100 g/mol. The summed E-state index contributed by atoms with van der Waals surface area (Å²) in [7, 11) is 0. The van der Waals surface area contributed by atoms with Gasteiger partial charge < -0.3 is 4.42 Å². The molecule has 7 nitrogen and oxygen atoms in total. The lowest BCUT2D eigenvalue weighted by Gasteiger charge is -2.54. The van der Waals surface area contributed by atoms with Gasteiger partial charge in [0.15, 0.2) is 34.9 Å². The molecule has 5 atom stereocenters. The molecule has 0 radical (unpaired) electrons. The maximum Gasteiger partial charge on any atom is 0.164 e. The molecule has 0 saturated heterocycles. The van der Waals surface area contributed by atoms with Gasteiger partial charge in [-0.3, -0.25) is 0 Å². The van der Waals surface area contributed by atoms with Crippen molar-refractivity contribution >= 4 is 21.9 Å². The predicted octanol–water partition coefficient (Wildman–Crippen LogP) is 19.2. The maximum absolute atomic E-state index is 6.58. The van der Waals surface area contributed by atoms with Crippen molar-refractivity contribution in [2.24, 2.45) is 23.7 Å². The Morgan fingerprint density at radius 3 is 1.26 bits per heavy atom. The van der Waals surface area contributed by atoms with Crippen LogP contribution in [0.25, 0.3) is 135 Å². The summed E-state index contributed by atoms with van der Waals surface area (Å²) >= 11 is 0. The standard InChI is InChI=1S/C78H58N6O/c1-46-35-48-37-47(2)78(61(36-46)38-48)68-44-55(53-25-30-62-60(39-53)40-57-23-24-58(42-65(57)62)76-81-72(49-15-7-3-8-16-49)79-73(82-76)50-17-9-4-10-18-50)26-31-63(68)64-32-27-56(45-69(64)78)54-28-33-70-66(41-54)67-43-59(29-34-71(67)85-70)77-83-74(51-19-11-5-12-20-51)80-75(84-77)52-21-13-6-14-22-52/h3-34,39,41-48,61H,35-38,40H2,1-2H3. The highest BCUT2D eigenvalue weighted by atomic mass is 16.3. The zero-order valence-electron chi connectivity index (χ0n) is 47.4. The summed E-state index contributed by atoms with van der Waals surface area (Å²) in [5.41, 5.74) is 23.3. The predicted molar refractivity (Wildman–Crippen MR) is 342 cm³/mol. The van der Waals surface area contributed by atoms with Crippen molar-refractivity contribution in [2.45, 2.75) is 51.4 Å². The third kappa shape index (κ3) is 8.23. The quantitative estimate of drug-likeness (QED) is 0.150. The van der Waals surface area contributed by atoms with Gasteiger partial charge in [-0.2, -0.15) is 0 Å². The van der Waals surface area contributed by atoms with Crippen LogP contribution in [0.15, 0.2) is 235 Å². The van der Waals surface area contributed by atoms with Crippen LogP contribution in [0.3, 0.4) is 0 Å². The normalized spacial score (nSPS) is 19.0. The van der Waals surface area contributed by atoms with Crippen molar-refractivity contribution < 1.29 is 4.42 Å². The molecule has 17 rings (SSSR count). The monoisotopic (exact) mass is 1090 g/mol. The summed E-state index contributed by atoms with van der Waals surface area (Å²) in [4.78, 5) is 30.2. The summed E-state index contributed by atoms with van der Waals surface area (Å²) in [5.74, 6) is 6.41. The molecule has 1 spiro atoms. The van der Waals surface area contributed by atoms with Crippen LogP contribution < -0.4 is 0 Å². The molecule has 5 unspecified atom stereocenters. The van der Waals surface area contributed by atoms with Crippen LogP contribution in [0.5, 0.6) is 0 Å². The topological polar surface area (TPSA) is 90.5 Å². The molecule has 2 bridgehead atoms. The smallest absolute Gasteiger partial charge is 0.164 e. The summed E-state index contributed by atoms with van der Waals surface area (Å²) < 4.78 is 6.58. The Morgan fingerprint density at radius 2 is 0.741 bits per heavy atom. The van der Waals surface area contributed by atoms with Crippen LogP contribution in [0.4, 0.5) is 0 Å². The van der Waals surface area contributed by atoms with E-state index in [1.807, 2.05) is 97.1 Å². The van der Waals surface area contributed by atoms with Crippen molar-refractivity contribution in [2.75, 3.05) is 0 Å². The summed E-state index contributed by atoms with van der Waals surface area (Å²) in [5, 5.41) is 2.11. The Hall–Kier alpha value is -9.98. The van der Waals surface area contributed by atoms with Gasteiger partial charge in [0.25, 0.3) is 0 Å². The fraction of sp³-hybridized carbons (Fsp3) is 0.154. The van der Waals surface area contributed by atoms with Crippen LogP contribution in [-0.4, -0.2) is 29.9 Å². The van der Waals surface area contributed by atoms with Gasteiger partial charge in [-0.05, 0) is 171 Å². The Balaban J connectivity index is 0.730. The SMILES string of the molecule is CC1CC2CC(C)C3(c4cc(-c5ccc6c(c5)Cc5ccc(-c7nc(-c8ccccc8)nc(-c8ccccc8)n7)cc5-6)ccc4-c4ccc(-c5ccc6oc7ccc(-c8nc(-c9ccccc9)nc(-c9ccccc9)n8)cc7c6c5)cc43)C(C1)C2. The second kappa shape index (κ2) is 19.6. The molecule has 0 amide bonds. The molecule has 13 aromatic rings. The van der Waals surface area contributed by atoms with Gasteiger partial charge >= 0.3 is 0 Å². The number of benzene rings is 10. The molecule has 85 heavy (non-hydrogen) atoms. The van der Waals surface area contributed by atoms with E-state index in [0.717, 1.165) is 67.7 Å². The van der Waals surface area contributed by atoms with Crippen molar-refractivity contribution in [1.82, 2.24) is 29.9 Å². The number of furan rings is 1. The van der Waals surface area contributed by atoms with E-state index in [4.69, 9.17) is 34.3 Å². The molecule has 2 fully saturated rings. The Kier molecular flexibility index (Phi) is 11.4. The minimum Gasteiger partial charge on any atom is -0.456 e. The first kappa shape index (κ1) is 49.6. The van der Waals surface area contributed by atoms with Gasteiger partial charge in [-0.25, -0.2) is 29.9 Å². The molecule has 406 valence electrons. The minimum atomic E-state index is -0.107. The largest absolute Gasteiger partial charge is 0.456 e. The van der Waals surface area contributed by atoms with Crippen molar-refractivity contribution in [1.29, 1.82) is 0 Å². The number of hydrogen-bond donors (Lipinski definition) is 0. The zero-order valence-corrected chi connectivity index (χ0v) is 47.4. The lowest BCUT2D eigenvalue weighted by Crippen LogP contribution is -2.49. The summed E-state index contributed by atoms with van der Waals surface area (Å²) in [6, 6.07) is 82.6. The van der Waals surface area contributed by atoms with Gasteiger partial charge in [0, 0.05) is 49.6 Å². The van der Waals surface area contributed by atoms with E-state index in [0.29, 0.717) is 52.7 Å². The third-order valence-corrected chi connectivity index (χ3v) is 19.3. The maximum atomic E-state index is 6.58. The Bertz CT molecular complexity index is 4690. The van der Waals surface area contributed by atoms with E-state index in [1.54, 1.807) is 0 Å². The lowest BCUT2D eigenvalue weighted by molar-refractivity contribution is 0.0426. The second-order valence-electron chi connectivity index (χ2n) is 24.4. The number of rotatable bonds is 8. The van der Waals surface area contributed by atoms with E-state index in [-0.39, 0.29) is 5.41 Å². The van der Waals surface area contributed by atoms with Gasteiger partial charge in [0.05, 0.1) is 0 Å². The van der Waals surface area contributed by atoms with E-state index in [9.17, 15) is 0 Å². The molecular formula is C78H58N6O. The van der Waals surface area contributed by atoms with Crippen LogP contribution in [0, 0.1) is 23.7 Å². The van der Waals surface area contributed by atoms with E-state index >= 15 is 0 Å².